The second kappa shape index (κ2) is 12.6. The highest BCUT2D eigenvalue weighted by molar-refractivity contribution is 7.96. The fraction of sp³-hybridized carbons (Fsp3) is 0.632. The van der Waals surface area contributed by atoms with Crippen LogP contribution in [0.25, 0.3) is 0 Å². The van der Waals surface area contributed by atoms with Crippen molar-refractivity contribution in [3.63, 3.8) is 0 Å². The summed E-state index contributed by atoms with van der Waals surface area (Å²) in [5.74, 6) is 0.895. The lowest BCUT2D eigenvalue weighted by atomic mass is 9.98. The number of hydrogen-bond donors (Lipinski definition) is 1. The van der Waals surface area contributed by atoms with E-state index in [1.807, 2.05) is 30.3 Å². The third-order valence-corrected chi connectivity index (χ3v) is 4.35. The number of ether oxygens (including phenoxy) is 1. The van der Waals surface area contributed by atoms with Gasteiger partial charge in [-0.15, -0.1) is 12.6 Å². The summed E-state index contributed by atoms with van der Waals surface area (Å²) < 4.78 is 5.67. The Morgan fingerprint density at radius 3 is 2.27 bits per heavy atom. The van der Waals surface area contributed by atoms with Gasteiger partial charge in [0.2, 0.25) is 0 Å². The number of unbranched alkanes of at least 4 members (excludes halogenated alkanes) is 6. The van der Waals surface area contributed by atoms with E-state index in [-0.39, 0.29) is 11.0 Å². The Hall–Kier alpha value is -0.960. The molecule has 0 saturated heterocycles. The Morgan fingerprint density at radius 1 is 1.00 bits per heavy atom. The van der Waals surface area contributed by atoms with Crippen LogP contribution in [0.5, 0.6) is 5.75 Å². The Balaban J connectivity index is 2.12. The van der Waals surface area contributed by atoms with Crippen LogP contribution >= 0.6 is 12.6 Å². The lowest BCUT2D eigenvalue weighted by molar-refractivity contribution is -0.114. The van der Waals surface area contributed by atoms with Crippen LogP contribution < -0.4 is 4.74 Å². The zero-order chi connectivity index (χ0) is 16.0. The summed E-state index contributed by atoms with van der Waals surface area (Å²) >= 11 is 4.03. The number of carbonyl (C=O) groups is 1. The number of rotatable bonds is 13. The molecule has 1 unspecified atom stereocenters. The molecule has 124 valence electrons. The Bertz CT molecular complexity index is 392. The maximum absolute atomic E-state index is 11.6. The highest BCUT2D eigenvalue weighted by atomic mass is 32.1. The van der Waals surface area contributed by atoms with Crippen molar-refractivity contribution in [3.8, 4) is 5.75 Å². The summed E-state index contributed by atoms with van der Waals surface area (Å²) in [7, 11) is 0. The van der Waals surface area contributed by atoms with Gasteiger partial charge in [-0.25, -0.2) is 0 Å². The first-order valence-corrected chi connectivity index (χ1v) is 9.09. The van der Waals surface area contributed by atoms with Gasteiger partial charge in [-0.2, -0.15) is 0 Å². The average Bonchev–Trinajstić information content (AvgIpc) is 2.53. The van der Waals surface area contributed by atoms with Gasteiger partial charge in [-0.3, -0.25) is 4.79 Å². The zero-order valence-corrected chi connectivity index (χ0v) is 14.7. The van der Waals surface area contributed by atoms with Crippen LogP contribution in [0.15, 0.2) is 30.3 Å². The number of thiol groups is 1. The van der Waals surface area contributed by atoms with Crippen molar-refractivity contribution in [3.05, 3.63) is 30.3 Å². The normalized spacial score (nSPS) is 12.1. The lowest BCUT2D eigenvalue weighted by Gasteiger charge is -2.13. The summed E-state index contributed by atoms with van der Waals surface area (Å²) in [6.07, 6.45) is 10.6. The van der Waals surface area contributed by atoms with E-state index in [9.17, 15) is 4.79 Å². The van der Waals surface area contributed by atoms with Crippen molar-refractivity contribution in [1.29, 1.82) is 0 Å². The molecule has 0 spiro atoms. The van der Waals surface area contributed by atoms with E-state index in [4.69, 9.17) is 4.74 Å². The maximum Gasteiger partial charge on any atom is 0.189 e. The van der Waals surface area contributed by atoms with Gasteiger partial charge in [-0.1, -0.05) is 70.1 Å². The van der Waals surface area contributed by atoms with Crippen LogP contribution in [0.2, 0.25) is 0 Å². The Labute approximate surface area is 141 Å². The molecule has 22 heavy (non-hydrogen) atoms. The van der Waals surface area contributed by atoms with Crippen LogP contribution in [0.1, 0.15) is 64.7 Å². The van der Waals surface area contributed by atoms with Gasteiger partial charge in [0.1, 0.15) is 5.75 Å². The molecule has 1 rings (SSSR count). The topological polar surface area (TPSA) is 26.3 Å². The third-order valence-electron chi connectivity index (χ3n) is 3.98. The van der Waals surface area contributed by atoms with Crippen molar-refractivity contribution < 1.29 is 9.53 Å². The fourth-order valence-corrected chi connectivity index (χ4v) is 2.83. The Kier molecular flexibility index (Phi) is 10.9. The van der Waals surface area contributed by atoms with Gasteiger partial charge in [0.25, 0.3) is 0 Å². The van der Waals surface area contributed by atoms with Crippen LogP contribution in [0, 0.1) is 5.92 Å². The second-order valence-electron chi connectivity index (χ2n) is 5.90. The number of hydrogen-bond acceptors (Lipinski definition) is 2. The first kappa shape index (κ1) is 19.1. The van der Waals surface area contributed by atoms with Gasteiger partial charge in [0, 0.05) is 5.92 Å². The summed E-state index contributed by atoms with van der Waals surface area (Å²) in [5.41, 5.74) is 0. The van der Waals surface area contributed by atoms with Crippen molar-refractivity contribution in [2.45, 2.75) is 64.7 Å². The van der Waals surface area contributed by atoms with E-state index in [2.05, 4.69) is 19.6 Å². The summed E-state index contributed by atoms with van der Waals surface area (Å²) in [6, 6.07) is 9.75. The van der Waals surface area contributed by atoms with Gasteiger partial charge in [0.15, 0.2) is 5.12 Å². The van der Waals surface area contributed by atoms with Crippen molar-refractivity contribution in [2.75, 3.05) is 6.61 Å². The maximum atomic E-state index is 11.6. The average molecular weight is 323 g/mol. The monoisotopic (exact) mass is 322 g/mol. The largest absolute Gasteiger partial charge is 0.494 e. The molecule has 0 aliphatic carbocycles. The molecule has 0 saturated carbocycles. The van der Waals surface area contributed by atoms with Gasteiger partial charge >= 0.3 is 0 Å². The highest BCUT2D eigenvalue weighted by Gasteiger charge is 2.14. The van der Waals surface area contributed by atoms with Crippen LogP contribution in [0.4, 0.5) is 0 Å². The smallest absolute Gasteiger partial charge is 0.189 e. The minimum absolute atomic E-state index is 0.00245. The van der Waals surface area contributed by atoms with Gasteiger partial charge in [0.05, 0.1) is 6.61 Å². The molecule has 0 heterocycles. The van der Waals surface area contributed by atoms with E-state index in [1.165, 1.54) is 38.5 Å². The predicted molar refractivity (Wildman–Crippen MR) is 96.6 cm³/mol. The molecular formula is C19H30O2S. The zero-order valence-electron chi connectivity index (χ0n) is 13.8. The van der Waals surface area contributed by atoms with Crippen molar-refractivity contribution >= 4 is 17.7 Å². The van der Waals surface area contributed by atoms with E-state index in [0.29, 0.717) is 6.61 Å². The molecule has 0 fully saturated rings. The molecule has 0 bridgehead atoms. The van der Waals surface area contributed by atoms with Crippen LogP contribution in [-0.2, 0) is 4.79 Å². The predicted octanol–water partition coefficient (Wildman–Crippen LogP) is 5.67. The number of benzene rings is 1. The molecule has 1 aromatic carbocycles. The molecule has 0 radical (unpaired) electrons. The standard InChI is InChI=1S/C19H30O2S/c1-2-3-4-5-6-7-9-12-17(19(20)22)15-16-21-18-13-10-8-11-14-18/h8,10-11,13-14,17H,2-7,9,12,15-16H2,1H3,(H,20,22). The first-order valence-electron chi connectivity index (χ1n) is 8.64. The molecule has 1 atom stereocenters. The van der Waals surface area contributed by atoms with E-state index in [0.717, 1.165) is 25.0 Å². The molecule has 0 amide bonds. The summed E-state index contributed by atoms with van der Waals surface area (Å²) in [4.78, 5) is 11.6. The van der Waals surface area contributed by atoms with E-state index >= 15 is 0 Å². The fourth-order valence-electron chi connectivity index (χ4n) is 2.57. The van der Waals surface area contributed by atoms with Gasteiger partial charge in [-0.05, 0) is 25.0 Å². The molecule has 0 N–H and O–H groups in total. The molecule has 1 aromatic rings. The SMILES string of the molecule is CCCCCCCCCC(CCOc1ccccc1)C(=O)S. The second-order valence-corrected chi connectivity index (χ2v) is 6.34. The molecule has 0 aliphatic heterocycles. The molecular weight excluding hydrogens is 292 g/mol. The van der Waals surface area contributed by atoms with Crippen molar-refractivity contribution in [1.82, 2.24) is 0 Å². The highest BCUT2D eigenvalue weighted by Crippen LogP contribution is 2.19. The lowest BCUT2D eigenvalue weighted by Crippen LogP contribution is -2.13. The van der Waals surface area contributed by atoms with Crippen molar-refractivity contribution in [2.24, 2.45) is 5.92 Å². The quantitative estimate of drug-likeness (QED) is 0.374. The molecule has 2 nitrogen and oxygen atoms in total. The number of para-hydroxylation sites is 1. The van der Waals surface area contributed by atoms with Crippen LogP contribution in [0.3, 0.4) is 0 Å². The minimum Gasteiger partial charge on any atom is -0.494 e. The van der Waals surface area contributed by atoms with Crippen LogP contribution in [-0.4, -0.2) is 11.7 Å². The summed E-state index contributed by atoms with van der Waals surface area (Å²) in [5, 5.41) is 0.00245. The third kappa shape index (κ3) is 9.14. The first-order chi connectivity index (χ1) is 10.7. The minimum atomic E-state index is 0.00245. The molecule has 3 heteroatoms. The van der Waals surface area contributed by atoms with E-state index in [1.54, 1.807) is 0 Å². The van der Waals surface area contributed by atoms with Gasteiger partial charge < -0.3 is 4.74 Å². The summed E-state index contributed by atoms with van der Waals surface area (Å²) in [6.45, 7) is 2.82. The molecule has 0 aromatic heterocycles. The number of carbonyl (C=O) groups excluding carboxylic acids is 1. The molecule has 0 aliphatic rings. The Morgan fingerprint density at radius 2 is 1.64 bits per heavy atom. The van der Waals surface area contributed by atoms with E-state index < -0.39 is 0 Å².